The molecule has 9 nitrogen and oxygen atoms in total. The maximum atomic E-state index is 12.4. The van der Waals surface area contributed by atoms with Crippen molar-refractivity contribution in [1.82, 2.24) is 24.6 Å². The van der Waals surface area contributed by atoms with E-state index >= 15 is 0 Å². The number of nitrogens with one attached hydrogen (secondary N) is 3. The molecule has 0 aromatic carbocycles. The summed E-state index contributed by atoms with van der Waals surface area (Å²) in [6.07, 6.45) is 7.73. The Bertz CT molecular complexity index is 903. The summed E-state index contributed by atoms with van der Waals surface area (Å²) in [5, 5.41) is 7.51. The number of piperidine rings is 1. The van der Waals surface area contributed by atoms with E-state index in [0.29, 0.717) is 12.2 Å². The molecule has 0 atom stereocenters. The minimum Gasteiger partial charge on any atom is -0.311 e. The smallest absolute Gasteiger partial charge is 0.311 e. The van der Waals surface area contributed by atoms with Crippen molar-refractivity contribution in [1.29, 1.82) is 0 Å². The number of likely N-dealkylation sites (tertiary alicyclic amines) is 1. The van der Waals surface area contributed by atoms with Gasteiger partial charge in [0.25, 0.3) is 5.56 Å². The lowest BCUT2D eigenvalue weighted by molar-refractivity contribution is -0.119. The zero-order valence-electron chi connectivity index (χ0n) is 15.8. The number of nitrogens with zero attached hydrogens (tertiary/aromatic N) is 3. The number of anilines is 1. The van der Waals surface area contributed by atoms with Crippen molar-refractivity contribution in [2.45, 2.75) is 51.1 Å². The van der Waals surface area contributed by atoms with Crippen LogP contribution < -0.4 is 16.6 Å². The van der Waals surface area contributed by atoms with Gasteiger partial charge in [0.1, 0.15) is 5.82 Å². The van der Waals surface area contributed by atoms with Gasteiger partial charge in [0.2, 0.25) is 5.91 Å². The lowest BCUT2D eigenvalue weighted by atomic mass is 10.0. The molecule has 0 unspecified atom stereocenters. The third-order valence-corrected chi connectivity index (χ3v) is 5.76. The Labute approximate surface area is 162 Å². The van der Waals surface area contributed by atoms with Gasteiger partial charge in [-0.25, -0.2) is 9.48 Å². The van der Waals surface area contributed by atoms with E-state index in [-0.39, 0.29) is 23.4 Å². The number of aromatic nitrogens is 4. The highest BCUT2D eigenvalue weighted by Crippen LogP contribution is 2.28. The predicted molar refractivity (Wildman–Crippen MR) is 104 cm³/mol. The molecule has 0 spiro atoms. The highest BCUT2D eigenvalue weighted by molar-refractivity contribution is 5.91. The second-order valence-corrected chi connectivity index (χ2v) is 7.75. The Morgan fingerprint density at radius 1 is 1.14 bits per heavy atom. The Kier molecular flexibility index (Phi) is 5.43. The van der Waals surface area contributed by atoms with E-state index in [2.05, 4.69) is 25.3 Å². The molecule has 1 saturated carbocycles. The number of rotatable bonds is 5. The van der Waals surface area contributed by atoms with E-state index < -0.39 is 5.69 Å². The number of H-pyrrole nitrogens is 2. The van der Waals surface area contributed by atoms with E-state index in [1.165, 1.54) is 6.07 Å². The summed E-state index contributed by atoms with van der Waals surface area (Å²) in [6.45, 7) is 2.20. The monoisotopic (exact) mass is 386 g/mol. The second kappa shape index (κ2) is 8.14. The summed E-state index contributed by atoms with van der Waals surface area (Å²) in [7, 11) is 0. The van der Waals surface area contributed by atoms with Crippen LogP contribution in [-0.2, 0) is 11.3 Å². The summed E-state index contributed by atoms with van der Waals surface area (Å²) in [5.41, 5.74) is -0.236. The van der Waals surface area contributed by atoms with Gasteiger partial charge >= 0.3 is 5.69 Å². The van der Waals surface area contributed by atoms with E-state index in [1.54, 1.807) is 6.20 Å². The lowest BCUT2D eigenvalue weighted by Crippen LogP contribution is -2.36. The number of hydrogen-bond acceptors (Lipinski definition) is 5. The SMILES string of the molecule is O=C(Nc1ccnn1C1CCN(Cc2cc(=O)[nH]c(=O)[nH]2)CC1)C1CCCC1. The number of carbonyl (C=O) groups excluding carboxylic acids is 1. The first-order chi connectivity index (χ1) is 13.6. The molecule has 3 N–H and O–H groups in total. The highest BCUT2D eigenvalue weighted by atomic mass is 16.2. The Hall–Kier alpha value is -2.68. The van der Waals surface area contributed by atoms with Crippen LogP contribution >= 0.6 is 0 Å². The summed E-state index contributed by atoms with van der Waals surface area (Å²) < 4.78 is 1.93. The van der Waals surface area contributed by atoms with Gasteiger partial charge in [0, 0.05) is 43.4 Å². The Morgan fingerprint density at radius 2 is 1.89 bits per heavy atom. The van der Waals surface area contributed by atoms with Crippen molar-refractivity contribution < 1.29 is 4.79 Å². The second-order valence-electron chi connectivity index (χ2n) is 7.75. The van der Waals surface area contributed by atoms with Crippen molar-refractivity contribution in [3.8, 4) is 0 Å². The standard InChI is InChI=1S/C19H26N6O3/c26-17-11-14(21-19(28)23-17)12-24-9-6-15(7-10-24)25-16(5-8-20-25)22-18(27)13-3-1-2-4-13/h5,8,11,13,15H,1-4,6-7,9-10,12H2,(H,22,27)(H2,21,23,26,28). The predicted octanol–water partition coefficient (Wildman–Crippen LogP) is 1.23. The molecule has 0 radical (unpaired) electrons. The van der Waals surface area contributed by atoms with Crippen molar-refractivity contribution in [3.05, 3.63) is 44.9 Å². The maximum absolute atomic E-state index is 12.4. The van der Waals surface area contributed by atoms with Crippen LogP contribution in [-0.4, -0.2) is 43.6 Å². The summed E-state index contributed by atoms with van der Waals surface area (Å²) in [4.78, 5) is 42.4. The van der Waals surface area contributed by atoms with Gasteiger partial charge in [0.05, 0.1) is 12.2 Å². The van der Waals surface area contributed by atoms with Crippen LogP contribution in [0.25, 0.3) is 0 Å². The molecule has 9 heteroatoms. The zero-order valence-corrected chi connectivity index (χ0v) is 15.8. The van der Waals surface area contributed by atoms with Crippen molar-refractivity contribution in [3.63, 3.8) is 0 Å². The van der Waals surface area contributed by atoms with E-state index in [4.69, 9.17) is 0 Å². The van der Waals surface area contributed by atoms with Crippen LogP contribution in [0.4, 0.5) is 5.82 Å². The van der Waals surface area contributed by atoms with E-state index in [0.717, 1.165) is 57.4 Å². The Morgan fingerprint density at radius 3 is 2.61 bits per heavy atom. The average molecular weight is 386 g/mol. The minimum absolute atomic E-state index is 0.106. The van der Waals surface area contributed by atoms with Crippen LogP contribution in [0.15, 0.2) is 27.9 Å². The lowest BCUT2D eigenvalue weighted by Gasteiger charge is -2.32. The number of aromatic amines is 2. The van der Waals surface area contributed by atoms with Gasteiger partial charge < -0.3 is 10.3 Å². The fourth-order valence-corrected chi connectivity index (χ4v) is 4.29. The third-order valence-electron chi connectivity index (χ3n) is 5.76. The summed E-state index contributed by atoms with van der Waals surface area (Å²) in [6, 6.07) is 3.51. The molecule has 2 aromatic rings. The van der Waals surface area contributed by atoms with Crippen molar-refractivity contribution in [2.24, 2.45) is 5.92 Å². The molecule has 1 amide bonds. The Balaban J connectivity index is 1.35. The first-order valence-corrected chi connectivity index (χ1v) is 9.98. The normalized spacial score (nSPS) is 19.1. The maximum Gasteiger partial charge on any atom is 0.325 e. The summed E-state index contributed by atoms with van der Waals surface area (Å²) >= 11 is 0. The first kappa shape index (κ1) is 18.7. The van der Waals surface area contributed by atoms with Crippen LogP contribution in [0.1, 0.15) is 50.3 Å². The van der Waals surface area contributed by atoms with Gasteiger partial charge in [-0.1, -0.05) is 12.8 Å². The van der Waals surface area contributed by atoms with Crippen LogP contribution in [0.2, 0.25) is 0 Å². The largest absolute Gasteiger partial charge is 0.325 e. The molecule has 2 aromatic heterocycles. The van der Waals surface area contributed by atoms with Gasteiger partial charge in [-0.2, -0.15) is 5.10 Å². The molecule has 28 heavy (non-hydrogen) atoms. The molecule has 1 aliphatic carbocycles. The quantitative estimate of drug-likeness (QED) is 0.715. The fraction of sp³-hybridized carbons (Fsp3) is 0.579. The summed E-state index contributed by atoms with van der Waals surface area (Å²) in [5.74, 6) is 1.01. The van der Waals surface area contributed by atoms with E-state index in [9.17, 15) is 14.4 Å². The molecule has 0 bridgehead atoms. The van der Waals surface area contributed by atoms with Crippen LogP contribution in [0, 0.1) is 5.92 Å². The number of amides is 1. The highest BCUT2D eigenvalue weighted by Gasteiger charge is 2.26. The molecule has 2 aliphatic rings. The topological polar surface area (TPSA) is 116 Å². The molecule has 1 aliphatic heterocycles. The van der Waals surface area contributed by atoms with Crippen LogP contribution in [0.3, 0.4) is 0 Å². The van der Waals surface area contributed by atoms with Gasteiger partial charge in [0.15, 0.2) is 0 Å². The zero-order chi connectivity index (χ0) is 19.5. The molecule has 4 rings (SSSR count). The van der Waals surface area contributed by atoms with Gasteiger partial charge in [-0.05, 0) is 25.7 Å². The average Bonchev–Trinajstić information content (AvgIpc) is 3.33. The molecule has 2 fully saturated rings. The molecular formula is C19H26N6O3. The van der Waals surface area contributed by atoms with Gasteiger partial charge in [-0.3, -0.25) is 19.5 Å². The minimum atomic E-state index is -0.475. The van der Waals surface area contributed by atoms with Crippen molar-refractivity contribution >= 4 is 11.7 Å². The number of hydrogen-bond donors (Lipinski definition) is 3. The molecule has 150 valence electrons. The molecular weight excluding hydrogens is 360 g/mol. The first-order valence-electron chi connectivity index (χ1n) is 9.98. The van der Waals surface area contributed by atoms with Crippen LogP contribution in [0.5, 0.6) is 0 Å². The third kappa shape index (κ3) is 4.24. The van der Waals surface area contributed by atoms with E-state index in [1.807, 2.05) is 10.7 Å². The van der Waals surface area contributed by atoms with Gasteiger partial charge in [-0.15, -0.1) is 0 Å². The molecule has 1 saturated heterocycles. The van der Waals surface area contributed by atoms with Crippen molar-refractivity contribution in [2.75, 3.05) is 18.4 Å². The number of carbonyl (C=O) groups is 1. The molecule has 3 heterocycles. The fourth-order valence-electron chi connectivity index (χ4n) is 4.29.